The van der Waals surface area contributed by atoms with Crippen LogP contribution in [0.15, 0.2) is 36.4 Å². The average molecular weight is 360 g/mol. The number of rotatable bonds is 3. The Morgan fingerprint density at radius 2 is 2.08 bits per heavy atom. The van der Waals surface area contributed by atoms with Gasteiger partial charge in [0.15, 0.2) is 0 Å². The van der Waals surface area contributed by atoms with Gasteiger partial charge in [0, 0.05) is 12.0 Å². The lowest BCUT2D eigenvalue weighted by molar-refractivity contribution is 0.146. The van der Waals surface area contributed by atoms with Crippen molar-refractivity contribution in [3.8, 4) is 5.75 Å². The van der Waals surface area contributed by atoms with Crippen LogP contribution in [0.2, 0.25) is 5.02 Å². The van der Waals surface area contributed by atoms with Crippen LogP contribution in [0.5, 0.6) is 5.75 Å². The molecular formula is C18H18ClN3O3. The van der Waals surface area contributed by atoms with E-state index in [1.807, 2.05) is 12.1 Å². The lowest BCUT2D eigenvalue weighted by atomic mass is 10.0. The Morgan fingerprint density at radius 1 is 1.28 bits per heavy atom. The van der Waals surface area contributed by atoms with Gasteiger partial charge in [-0.05, 0) is 31.0 Å². The fraction of sp³-hybridized carbons (Fsp3) is 0.333. The maximum absolute atomic E-state index is 12.4. The highest BCUT2D eigenvalue weighted by Gasteiger charge is 2.43. The first kappa shape index (κ1) is 16.2. The predicted octanol–water partition coefficient (Wildman–Crippen LogP) is 3.36. The normalized spacial score (nSPS) is 20.2. The van der Waals surface area contributed by atoms with Crippen LogP contribution in [0.3, 0.4) is 0 Å². The Labute approximate surface area is 150 Å². The van der Waals surface area contributed by atoms with E-state index in [4.69, 9.17) is 16.3 Å². The number of fused-ring (bicyclic) bond motifs is 1. The van der Waals surface area contributed by atoms with Crippen molar-refractivity contribution in [2.24, 2.45) is 0 Å². The quantitative estimate of drug-likeness (QED) is 0.784. The molecule has 1 aromatic heterocycles. The molecule has 2 heterocycles. The van der Waals surface area contributed by atoms with Crippen molar-refractivity contribution in [2.75, 3.05) is 11.9 Å². The fourth-order valence-corrected chi connectivity index (χ4v) is 3.22. The second-order valence-electron chi connectivity index (χ2n) is 6.39. The van der Waals surface area contributed by atoms with Crippen LogP contribution >= 0.6 is 11.6 Å². The van der Waals surface area contributed by atoms with E-state index in [0.717, 1.165) is 5.56 Å². The summed E-state index contributed by atoms with van der Waals surface area (Å²) in [5.41, 5.74) is 0.626. The molecule has 1 aliphatic carbocycles. The van der Waals surface area contributed by atoms with Gasteiger partial charge in [0.2, 0.25) is 0 Å². The minimum atomic E-state index is -0.829. The van der Waals surface area contributed by atoms with Gasteiger partial charge in [-0.25, -0.2) is 9.78 Å². The molecule has 0 radical (unpaired) electrons. The number of nitrogens with one attached hydrogen (secondary N) is 2. The number of ether oxygens (including phenoxy) is 1. The SMILES string of the molecule is O=C(Nc1cccc(C2(O)CC2)n1)N[C@H]1CCOc2c(Cl)cccc21. The van der Waals surface area contributed by atoms with Crippen molar-refractivity contribution in [3.63, 3.8) is 0 Å². The molecule has 2 amide bonds. The second kappa shape index (κ2) is 6.20. The summed E-state index contributed by atoms with van der Waals surface area (Å²) in [4.78, 5) is 16.7. The van der Waals surface area contributed by atoms with Crippen molar-refractivity contribution in [1.82, 2.24) is 10.3 Å². The number of carbonyl (C=O) groups excluding carboxylic acids is 1. The summed E-state index contributed by atoms with van der Waals surface area (Å²) in [6.45, 7) is 0.489. The van der Waals surface area contributed by atoms with E-state index < -0.39 is 5.60 Å². The number of para-hydroxylation sites is 1. The van der Waals surface area contributed by atoms with Crippen molar-refractivity contribution in [1.29, 1.82) is 0 Å². The number of hydrogen-bond donors (Lipinski definition) is 3. The van der Waals surface area contributed by atoms with E-state index >= 15 is 0 Å². The van der Waals surface area contributed by atoms with Crippen LogP contribution in [0.1, 0.15) is 36.6 Å². The Kier molecular flexibility index (Phi) is 4.01. The van der Waals surface area contributed by atoms with E-state index in [1.165, 1.54) is 0 Å². The van der Waals surface area contributed by atoms with Gasteiger partial charge in [-0.2, -0.15) is 0 Å². The maximum atomic E-state index is 12.4. The Bertz CT molecular complexity index is 823. The molecular weight excluding hydrogens is 342 g/mol. The average Bonchev–Trinajstić information content (AvgIpc) is 3.35. The number of pyridine rings is 1. The van der Waals surface area contributed by atoms with Gasteiger partial charge in [-0.3, -0.25) is 5.32 Å². The molecule has 25 heavy (non-hydrogen) atoms. The molecule has 6 nitrogen and oxygen atoms in total. The van der Waals surface area contributed by atoms with Gasteiger partial charge in [0.25, 0.3) is 0 Å². The standard InChI is InChI=1S/C18H18ClN3O3/c19-12-4-1-3-11-13(7-10-25-16(11)12)20-17(23)22-15-6-2-5-14(21-15)18(24)8-9-18/h1-6,13,24H,7-10H2,(H2,20,21,22,23)/t13-/m0/s1. The first-order chi connectivity index (χ1) is 12.0. The van der Waals surface area contributed by atoms with E-state index in [1.54, 1.807) is 24.3 Å². The number of halogens is 1. The number of anilines is 1. The summed E-state index contributed by atoms with van der Waals surface area (Å²) < 4.78 is 5.60. The lowest BCUT2D eigenvalue weighted by Crippen LogP contribution is -2.35. The number of carbonyl (C=O) groups is 1. The van der Waals surface area contributed by atoms with E-state index in [-0.39, 0.29) is 12.1 Å². The zero-order valence-corrected chi connectivity index (χ0v) is 14.2. The summed E-state index contributed by atoms with van der Waals surface area (Å²) in [5, 5.41) is 16.3. The number of urea groups is 1. The smallest absolute Gasteiger partial charge is 0.320 e. The van der Waals surface area contributed by atoms with Crippen LogP contribution in [-0.4, -0.2) is 22.7 Å². The zero-order valence-electron chi connectivity index (χ0n) is 13.5. The van der Waals surface area contributed by atoms with Crippen molar-refractivity contribution >= 4 is 23.4 Å². The van der Waals surface area contributed by atoms with Gasteiger partial charge in [0.1, 0.15) is 17.2 Å². The van der Waals surface area contributed by atoms with Crippen LogP contribution in [0.4, 0.5) is 10.6 Å². The van der Waals surface area contributed by atoms with Crippen LogP contribution in [0.25, 0.3) is 0 Å². The summed E-state index contributed by atoms with van der Waals surface area (Å²) in [6.07, 6.45) is 2.07. The monoisotopic (exact) mass is 359 g/mol. The third-order valence-electron chi connectivity index (χ3n) is 4.52. The van der Waals surface area contributed by atoms with Crippen molar-refractivity contribution in [2.45, 2.75) is 30.9 Å². The lowest BCUT2D eigenvalue weighted by Gasteiger charge is -2.27. The molecule has 0 unspecified atom stereocenters. The zero-order chi connectivity index (χ0) is 17.4. The highest BCUT2D eigenvalue weighted by Crippen LogP contribution is 2.44. The number of aromatic nitrogens is 1. The highest BCUT2D eigenvalue weighted by molar-refractivity contribution is 6.32. The molecule has 1 saturated carbocycles. The van der Waals surface area contributed by atoms with E-state index in [9.17, 15) is 9.90 Å². The molecule has 7 heteroatoms. The number of aliphatic hydroxyl groups is 1. The molecule has 2 aromatic rings. The summed E-state index contributed by atoms with van der Waals surface area (Å²) >= 11 is 6.15. The Morgan fingerprint density at radius 3 is 2.88 bits per heavy atom. The molecule has 1 aromatic carbocycles. The minimum Gasteiger partial charge on any atom is -0.492 e. The highest BCUT2D eigenvalue weighted by atomic mass is 35.5. The molecule has 130 valence electrons. The number of hydrogen-bond acceptors (Lipinski definition) is 4. The number of benzene rings is 1. The first-order valence-electron chi connectivity index (χ1n) is 8.24. The summed E-state index contributed by atoms with van der Waals surface area (Å²) in [5.74, 6) is 1.03. The Hall–Kier alpha value is -2.31. The molecule has 1 aliphatic heterocycles. The van der Waals surface area contributed by atoms with Gasteiger partial charge in [-0.1, -0.05) is 29.8 Å². The molecule has 1 fully saturated rings. The third kappa shape index (κ3) is 3.27. The molecule has 0 saturated heterocycles. The van der Waals surface area contributed by atoms with Gasteiger partial charge < -0.3 is 15.2 Å². The summed E-state index contributed by atoms with van der Waals surface area (Å²) in [7, 11) is 0. The van der Waals surface area contributed by atoms with Crippen molar-refractivity contribution < 1.29 is 14.6 Å². The van der Waals surface area contributed by atoms with Gasteiger partial charge in [-0.15, -0.1) is 0 Å². The molecule has 0 bridgehead atoms. The minimum absolute atomic E-state index is 0.182. The van der Waals surface area contributed by atoms with Crippen LogP contribution < -0.4 is 15.4 Å². The number of nitrogens with zero attached hydrogens (tertiary/aromatic N) is 1. The van der Waals surface area contributed by atoms with E-state index in [0.29, 0.717) is 48.2 Å². The summed E-state index contributed by atoms with van der Waals surface area (Å²) in [6, 6.07) is 10.2. The molecule has 2 aliphatic rings. The molecule has 0 spiro atoms. The fourth-order valence-electron chi connectivity index (χ4n) is 2.99. The van der Waals surface area contributed by atoms with Crippen molar-refractivity contribution in [3.05, 3.63) is 52.7 Å². The first-order valence-corrected chi connectivity index (χ1v) is 8.62. The van der Waals surface area contributed by atoms with Gasteiger partial charge in [0.05, 0.1) is 23.4 Å². The van der Waals surface area contributed by atoms with Crippen LogP contribution in [-0.2, 0) is 5.60 Å². The third-order valence-corrected chi connectivity index (χ3v) is 4.82. The Balaban J connectivity index is 1.46. The number of amides is 2. The maximum Gasteiger partial charge on any atom is 0.320 e. The topological polar surface area (TPSA) is 83.5 Å². The van der Waals surface area contributed by atoms with Gasteiger partial charge >= 0.3 is 6.03 Å². The molecule has 3 N–H and O–H groups in total. The molecule has 4 rings (SSSR count). The molecule has 1 atom stereocenters. The van der Waals surface area contributed by atoms with E-state index in [2.05, 4.69) is 15.6 Å². The largest absolute Gasteiger partial charge is 0.492 e. The van der Waals surface area contributed by atoms with Crippen LogP contribution in [0, 0.1) is 0 Å². The second-order valence-corrected chi connectivity index (χ2v) is 6.79. The predicted molar refractivity (Wildman–Crippen MR) is 93.8 cm³/mol.